The van der Waals surface area contributed by atoms with Crippen molar-refractivity contribution in [1.82, 2.24) is 19.5 Å². The van der Waals surface area contributed by atoms with Crippen LogP contribution in [0.2, 0.25) is 0 Å². The number of rotatable bonds is 3. The van der Waals surface area contributed by atoms with E-state index >= 15 is 0 Å². The predicted octanol–water partition coefficient (Wildman–Crippen LogP) is 3.76. The molecule has 0 aliphatic carbocycles. The van der Waals surface area contributed by atoms with Crippen LogP contribution in [0.1, 0.15) is 19.1 Å². The lowest BCUT2D eigenvalue weighted by Crippen LogP contribution is -2.08. The van der Waals surface area contributed by atoms with Gasteiger partial charge in [0.2, 0.25) is 0 Å². The molecule has 1 aliphatic heterocycles. The standard InChI is InChI=1S/C15H12F2IN5O/c16-8-3-1-4-9(11(8)17)20-13-12-14(22-15(18)21-13)23(7-19-12)10-5-2-6-24-10/h1,3-4,7,10H,2,5-6H2,(H,20,21,22). The Labute approximate surface area is 149 Å². The molecule has 0 saturated carbocycles. The highest BCUT2D eigenvalue weighted by Crippen LogP contribution is 2.30. The second kappa shape index (κ2) is 6.20. The molecular weight excluding hydrogens is 431 g/mol. The first-order valence-electron chi connectivity index (χ1n) is 7.36. The van der Waals surface area contributed by atoms with Crippen LogP contribution in [0.4, 0.5) is 20.3 Å². The molecule has 1 atom stereocenters. The zero-order valence-electron chi connectivity index (χ0n) is 12.3. The molecule has 1 aliphatic rings. The smallest absolute Gasteiger partial charge is 0.194 e. The minimum atomic E-state index is -0.960. The lowest BCUT2D eigenvalue weighted by molar-refractivity contribution is 0.0592. The van der Waals surface area contributed by atoms with Crippen molar-refractivity contribution in [2.45, 2.75) is 19.1 Å². The molecule has 1 fully saturated rings. The van der Waals surface area contributed by atoms with Crippen LogP contribution in [-0.2, 0) is 4.74 Å². The average Bonchev–Trinajstić information content (AvgIpc) is 3.20. The molecule has 3 aromatic rings. The normalized spacial score (nSPS) is 17.5. The number of anilines is 2. The maximum atomic E-state index is 13.9. The number of nitrogens with zero attached hydrogens (tertiary/aromatic N) is 4. The predicted molar refractivity (Wildman–Crippen MR) is 91.9 cm³/mol. The minimum absolute atomic E-state index is 0.00235. The van der Waals surface area contributed by atoms with Crippen LogP contribution in [0.15, 0.2) is 24.5 Å². The van der Waals surface area contributed by atoms with Gasteiger partial charge in [0.05, 0.1) is 12.0 Å². The summed E-state index contributed by atoms with van der Waals surface area (Å²) in [7, 11) is 0. The fourth-order valence-electron chi connectivity index (χ4n) is 2.70. The Morgan fingerprint density at radius 1 is 1.29 bits per heavy atom. The Hall–Kier alpha value is -1.88. The molecule has 1 saturated heterocycles. The molecule has 6 nitrogen and oxygen atoms in total. The maximum absolute atomic E-state index is 13.9. The highest BCUT2D eigenvalue weighted by atomic mass is 127. The number of imidazole rings is 1. The highest BCUT2D eigenvalue weighted by Gasteiger charge is 2.22. The summed E-state index contributed by atoms with van der Waals surface area (Å²) < 4.78 is 35.3. The Morgan fingerprint density at radius 3 is 2.96 bits per heavy atom. The van der Waals surface area contributed by atoms with Gasteiger partial charge >= 0.3 is 0 Å². The number of benzene rings is 1. The SMILES string of the molecule is Fc1cccc(Nc2nc(I)nc3c2ncn3C2CCCO2)c1F. The molecule has 4 rings (SSSR count). The van der Waals surface area contributed by atoms with Crippen LogP contribution in [-0.4, -0.2) is 26.1 Å². The van der Waals surface area contributed by atoms with Gasteiger partial charge in [-0.05, 0) is 25.0 Å². The van der Waals surface area contributed by atoms with Gasteiger partial charge in [-0.2, -0.15) is 0 Å². The van der Waals surface area contributed by atoms with Crippen molar-refractivity contribution in [1.29, 1.82) is 0 Å². The van der Waals surface area contributed by atoms with E-state index in [4.69, 9.17) is 4.74 Å². The van der Waals surface area contributed by atoms with Crippen LogP contribution >= 0.6 is 22.6 Å². The topological polar surface area (TPSA) is 64.9 Å². The van der Waals surface area contributed by atoms with E-state index in [2.05, 4.69) is 20.3 Å². The van der Waals surface area contributed by atoms with Crippen molar-refractivity contribution >= 4 is 45.3 Å². The first-order valence-corrected chi connectivity index (χ1v) is 8.44. The molecular formula is C15H12F2IN5O. The van der Waals surface area contributed by atoms with E-state index in [0.717, 1.165) is 18.9 Å². The molecule has 3 heterocycles. The summed E-state index contributed by atoms with van der Waals surface area (Å²) in [5.41, 5.74) is 1.08. The summed E-state index contributed by atoms with van der Waals surface area (Å²) in [6.07, 6.45) is 3.39. The summed E-state index contributed by atoms with van der Waals surface area (Å²) in [4.78, 5) is 13.0. The molecule has 1 N–H and O–H groups in total. The number of fused-ring (bicyclic) bond motifs is 1. The van der Waals surface area contributed by atoms with Crippen molar-refractivity contribution in [2.75, 3.05) is 11.9 Å². The Kier molecular flexibility index (Phi) is 4.04. The molecule has 0 bridgehead atoms. The van der Waals surface area contributed by atoms with E-state index in [1.54, 1.807) is 6.33 Å². The monoisotopic (exact) mass is 443 g/mol. The van der Waals surface area contributed by atoms with Crippen molar-refractivity contribution in [3.8, 4) is 0 Å². The van der Waals surface area contributed by atoms with Gasteiger partial charge in [0.1, 0.15) is 6.23 Å². The van der Waals surface area contributed by atoms with Crippen LogP contribution in [0.3, 0.4) is 0 Å². The van der Waals surface area contributed by atoms with E-state index in [1.165, 1.54) is 12.1 Å². The lowest BCUT2D eigenvalue weighted by Gasteiger charge is -2.12. The molecule has 1 unspecified atom stereocenters. The fraction of sp³-hybridized carbons (Fsp3) is 0.267. The zero-order chi connectivity index (χ0) is 16.7. The third-order valence-corrected chi connectivity index (χ3v) is 4.30. The third kappa shape index (κ3) is 2.71. The number of hydrogen-bond donors (Lipinski definition) is 1. The summed E-state index contributed by atoms with van der Waals surface area (Å²) in [5, 5.41) is 2.81. The Morgan fingerprint density at radius 2 is 2.17 bits per heavy atom. The van der Waals surface area contributed by atoms with Gasteiger partial charge in [-0.3, -0.25) is 4.57 Å². The van der Waals surface area contributed by atoms with Crippen molar-refractivity contribution in [3.05, 3.63) is 40.0 Å². The molecule has 0 spiro atoms. The van der Waals surface area contributed by atoms with Crippen molar-refractivity contribution in [3.63, 3.8) is 0 Å². The number of halogens is 3. The number of aromatic nitrogens is 4. The molecule has 124 valence electrons. The highest BCUT2D eigenvalue weighted by molar-refractivity contribution is 14.1. The number of nitrogens with one attached hydrogen (secondary N) is 1. The van der Waals surface area contributed by atoms with Crippen LogP contribution < -0.4 is 5.32 Å². The first-order chi connectivity index (χ1) is 11.6. The van der Waals surface area contributed by atoms with Crippen molar-refractivity contribution in [2.24, 2.45) is 0 Å². The summed E-state index contributed by atoms with van der Waals surface area (Å²) in [6, 6.07) is 3.93. The molecule has 24 heavy (non-hydrogen) atoms. The fourth-order valence-corrected chi connectivity index (χ4v) is 3.17. The van der Waals surface area contributed by atoms with Gasteiger partial charge in [0.25, 0.3) is 0 Å². The van der Waals surface area contributed by atoms with Crippen LogP contribution in [0.25, 0.3) is 11.2 Å². The lowest BCUT2D eigenvalue weighted by atomic mass is 10.3. The van der Waals surface area contributed by atoms with Gasteiger partial charge in [0.15, 0.2) is 32.4 Å². The molecule has 0 radical (unpaired) electrons. The second-order valence-electron chi connectivity index (χ2n) is 5.36. The average molecular weight is 443 g/mol. The van der Waals surface area contributed by atoms with E-state index in [-0.39, 0.29) is 11.9 Å². The summed E-state index contributed by atoms with van der Waals surface area (Å²) in [5.74, 6) is -1.56. The van der Waals surface area contributed by atoms with Gasteiger partial charge in [-0.15, -0.1) is 0 Å². The van der Waals surface area contributed by atoms with Gasteiger partial charge in [-0.1, -0.05) is 6.07 Å². The van der Waals surface area contributed by atoms with E-state index < -0.39 is 11.6 Å². The van der Waals surface area contributed by atoms with Gasteiger partial charge < -0.3 is 10.1 Å². The van der Waals surface area contributed by atoms with E-state index in [0.29, 0.717) is 27.4 Å². The zero-order valence-corrected chi connectivity index (χ0v) is 14.5. The largest absolute Gasteiger partial charge is 0.358 e. The third-order valence-electron chi connectivity index (χ3n) is 3.81. The van der Waals surface area contributed by atoms with Crippen LogP contribution in [0.5, 0.6) is 0 Å². The number of ether oxygens (including phenoxy) is 1. The molecule has 1 aromatic carbocycles. The molecule has 2 aromatic heterocycles. The minimum Gasteiger partial charge on any atom is -0.358 e. The van der Waals surface area contributed by atoms with Gasteiger partial charge in [-0.25, -0.2) is 23.7 Å². The van der Waals surface area contributed by atoms with E-state index in [9.17, 15) is 8.78 Å². The van der Waals surface area contributed by atoms with E-state index in [1.807, 2.05) is 27.2 Å². The maximum Gasteiger partial charge on any atom is 0.194 e. The molecule has 9 heteroatoms. The quantitative estimate of drug-likeness (QED) is 0.494. The number of hydrogen-bond acceptors (Lipinski definition) is 5. The van der Waals surface area contributed by atoms with Crippen molar-refractivity contribution < 1.29 is 13.5 Å². The van der Waals surface area contributed by atoms with Gasteiger partial charge in [0, 0.05) is 29.2 Å². The summed E-state index contributed by atoms with van der Waals surface area (Å²) >= 11 is 1.98. The Balaban J connectivity index is 1.79. The van der Waals surface area contributed by atoms with Crippen LogP contribution in [0, 0.1) is 15.5 Å². The Bertz CT molecular complexity index is 910. The second-order valence-corrected chi connectivity index (χ2v) is 6.32. The molecule has 0 amide bonds. The summed E-state index contributed by atoms with van der Waals surface area (Å²) in [6.45, 7) is 0.701. The first kappa shape index (κ1) is 15.6.